The normalized spacial score (nSPS) is 26.6. The Morgan fingerprint density at radius 1 is 1.33 bits per heavy atom. The maximum Gasteiger partial charge on any atom is 0.234 e. The SMILES string of the molecule is CN(C)CC(=O)N[C@@H]1CC[C@H](CCn2cc(C3CCCC3)nn2)O[C@@H]1CO. The average molecular weight is 380 g/mol. The molecule has 3 rings (SSSR count). The van der Waals surface area contributed by atoms with Gasteiger partial charge in [0.25, 0.3) is 0 Å². The highest BCUT2D eigenvalue weighted by atomic mass is 16.5. The number of ether oxygens (including phenoxy) is 1. The number of aryl methyl sites for hydroxylation is 1. The van der Waals surface area contributed by atoms with Gasteiger partial charge in [0.15, 0.2) is 0 Å². The Kier molecular flexibility index (Phi) is 7.20. The first-order chi connectivity index (χ1) is 13.0. The summed E-state index contributed by atoms with van der Waals surface area (Å²) < 4.78 is 7.96. The fraction of sp³-hybridized carbons (Fsp3) is 0.842. The summed E-state index contributed by atoms with van der Waals surface area (Å²) in [6.45, 7) is 1.02. The number of hydrogen-bond acceptors (Lipinski definition) is 6. The fourth-order valence-electron chi connectivity index (χ4n) is 4.16. The molecule has 1 aromatic heterocycles. The molecule has 152 valence electrons. The van der Waals surface area contributed by atoms with E-state index >= 15 is 0 Å². The summed E-state index contributed by atoms with van der Waals surface area (Å²) in [4.78, 5) is 13.8. The van der Waals surface area contributed by atoms with Gasteiger partial charge in [-0.2, -0.15) is 0 Å². The highest BCUT2D eigenvalue weighted by molar-refractivity contribution is 5.78. The number of likely N-dealkylation sites (N-methyl/N-ethyl adjacent to an activating group) is 1. The van der Waals surface area contributed by atoms with Gasteiger partial charge in [-0.25, -0.2) is 0 Å². The Balaban J connectivity index is 1.45. The van der Waals surface area contributed by atoms with Gasteiger partial charge in [0.2, 0.25) is 5.91 Å². The molecule has 0 aromatic carbocycles. The number of aromatic nitrogens is 3. The Labute approximate surface area is 161 Å². The third-order valence-electron chi connectivity index (χ3n) is 5.61. The van der Waals surface area contributed by atoms with Gasteiger partial charge in [0, 0.05) is 18.7 Å². The summed E-state index contributed by atoms with van der Waals surface area (Å²) in [5.41, 5.74) is 1.12. The quantitative estimate of drug-likeness (QED) is 0.698. The summed E-state index contributed by atoms with van der Waals surface area (Å²) in [6, 6.07) is -0.126. The number of aliphatic hydroxyl groups excluding tert-OH is 1. The van der Waals surface area contributed by atoms with Crippen LogP contribution in [0.1, 0.15) is 56.6 Å². The number of nitrogens with one attached hydrogen (secondary N) is 1. The smallest absolute Gasteiger partial charge is 0.234 e. The van der Waals surface area contributed by atoms with E-state index in [1.807, 2.05) is 23.7 Å². The zero-order chi connectivity index (χ0) is 19.2. The van der Waals surface area contributed by atoms with E-state index in [1.165, 1.54) is 25.7 Å². The van der Waals surface area contributed by atoms with Crippen molar-refractivity contribution in [1.82, 2.24) is 25.2 Å². The second-order valence-corrected chi connectivity index (χ2v) is 8.14. The number of rotatable bonds is 8. The molecule has 2 N–H and O–H groups in total. The van der Waals surface area contributed by atoms with Crippen molar-refractivity contribution >= 4 is 5.91 Å². The highest BCUT2D eigenvalue weighted by Gasteiger charge is 2.32. The molecule has 0 spiro atoms. The molecule has 2 heterocycles. The van der Waals surface area contributed by atoms with E-state index in [-0.39, 0.29) is 30.8 Å². The molecular formula is C19H33N5O3. The van der Waals surface area contributed by atoms with E-state index in [9.17, 15) is 9.90 Å². The largest absolute Gasteiger partial charge is 0.394 e. The molecule has 1 aliphatic heterocycles. The highest BCUT2D eigenvalue weighted by Crippen LogP contribution is 2.32. The van der Waals surface area contributed by atoms with Crippen LogP contribution < -0.4 is 5.32 Å². The third-order valence-corrected chi connectivity index (χ3v) is 5.61. The lowest BCUT2D eigenvalue weighted by Crippen LogP contribution is -2.52. The molecule has 3 atom stereocenters. The molecule has 0 bridgehead atoms. The van der Waals surface area contributed by atoms with Crippen LogP contribution >= 0.6 is 0 Å². The molecule has 8 nitrogen and oxygen atoms in total. The van der Waals surface area contributed by atoms with Crippen LogP contribution in [0.5, 0.6) is 0 Å². The average Bonchev–Trinajstić information content (AvgIpc) is 3.31. The zero-order valence-corrected chi connectivity index (χ0v) is 16.5. The molecule has 0 unspecified atom stereocenters. The van der Waals surface area contributed by atoms with Gasteiger partial charge in [0.1, 0.15) is 6.10 Å². The summed E-state index contributed by atoms with van der Waals surface area (Å²) in [5.74, 6) is 0.544. The van der Waals surface area contributed by atoms with Crippen molar-refractivity contribution < 1.29 is 14.6 Å². The van der Waals surface area contributed by atoms with E-state index in [4.69, 9.17) is 4.74 Å². The van der Waals surface area contributed by atoms with Crippen LogP contribution in [-0.2, 0) is 16.1 Å². The standard InChI is InChI=1S/C19H33N5O3/c1-23(2)12-19(26)20-16-8-7-15(27-18(16)13-25)9-10-24-11-17(21-22-24)14-5-3-4-6-14/h11,14-16,18,25H,3-10,12-13H2,1-2H3,(H,20,26)/t15-,16-,18-/m1/s1. The minimum atomic E-state index is -0.348. The molecule has 1 amide bonds. The van der Waals surface area contributed by atoms with E-state index in [1.54, 1.807) is 0 Å². The Morgan fingerprint density at radius 2 is 2.11 bits per heavy atom. The lowest BCUT2D eigenvalue weighted by molar-refractivity contribution is -0.129. The van der Waals surface area contributed by atoms with Gasteiger partial charge in [-0.1, -0.05) is 18.1 Å². The molecular weight excluding hydrogens is 346 g/mol. The van der Waals surface area contributed by atoms with E-state index in [0.29, 0.717) is 12.5 Å². The van der Waals surface area contributed by atoms with Crippen molar-refractivity contribution in [3.8, 4) is 0 Å². The van der Waals surface area contributed by atoms with Gasteiger partial charge >= 0.3 is 0 Å². The number of hydrogen-bond donors (Lipinski definition) is 2. The maximum atomic E-state index is 12.0. The van der Waals surface area contributed by atoms with Gasteiger partial charge in [0.05, 0.1) is 31.0 Å². The van der Waals surface area contributed by atoms with E-state index in [0.717, 1.165) is 31.5 Å². The summed E-state index contributed by atoms with van der Waals surface area (Å²) in [7, 11) is 3.72. The Hall–Kier alpha value is -1.51. The number of carbonyl (C=O) groups is 1. The maximum absolute atomic E-state index is 12.0. The van der Waals surface area contributed by atoms with E-state index < -0.39 is 0 Å². The molecule has 1 saturated heterocycles. The summed E-state index contributed by atoms with van der Waals surface area (Å²) in [5, 5.41) is 21.3. The molecule has 1 aliphatic carbocycles. The number of nitrogens with zero attached hydrogens (tertiary/aromatic N) is 4. The zero-order valence-electron chi connectivity index (χ0n) is 16.5. The van der Waals surface area contributed by atoms with Crippen LogP contribution in [0.2, 0.25) is 0 Å². The van der Waals surface area contributed by atoms with Crippen molar-refractivity contribution in [2.75, 3.05) is 27.2 Å². The van der Waals surface area contributed by atoms with Crippen molar-refractivity contribution in [3.63, 3.8) is 0 Å². The van der Waals surface area contributed by atoms with Gasteiger partial charge in [-0.05, 0) is 46.2 Å². The number of amides is 1. The molecule has 0 radical (unpaired) electrons. The van der Waals surface area contributed by atoms with Gasteiger partial charge in [-0.3, -0.25) is 9.48 Å². The number of carbonyl (C=O) groups excluding carboxylic acids is 1. The minimum Gasteiger partial charge on any atom is -0.394 e. The lowest BCUT2D eigenvalue weighted by atomic mass is 9.97. The van der Waals surface area contributed by atoms with Crippen LogP contribution in [0.15, 0.2) is 6.20 Å². The second kappa shape index (κ2) is 9.61. The van der Waals surface area contributed by atoms with E-state index in [2.05, 4.69) is 21.8 Å². The van der Waals surface area contributed by atoms with Crippen LogP contribution in [0.4, 0.5) is 0 Å². The van der Waals surface area contributed by atoms with Crippen molar-refractivity contribution in [2.24, 2.45) is 0 Å². The van der Waals surface area contributed by atoms with Crippen LogP contribution in [0.3, 0.4) is 0 Å². The minimum absolute atomic E-state index is 0.0347. The van der Waals surface area contributed by atoms with Gasteiger partial charge in [-0.15, -0.1) is 5.10 Å². The first-order valence-corrected chi connectivity index (χ1v) is 10.2. The predicted octanol–water partition coefficient (Wildman–Crippen LogP) is 0.912. The Bertz CT molecular complexity index is 600. The molecule has 1 aromatic rings. The van der Waals surface area contributed by atoms with Crippen LogP contribution in [0, 0.1) is 0 Å². The molecule has 27 heavy (non-hydrogen) atoms. The van der Waals surface area contributed by atoms with Gasteiger partial charge < -0.3 is 20.1 Å². The van der Waals surface area contributed by atoms with Crippen molar-refractivity contribution in [3.05, 3.63) is 11.9 Å². The first kappa shape index (κ1) is 20.2. The lowest BCUT2D eigenvalue weighted by Gasteiger charge is -2.36. The predicted molar refractivity (Wildman–Crippen MR) is 101 cm³/mol. The second-order valence-electron chi connectivity index (χ2n) is 8.14. The molecule has 2 aliphatic rings. The van der Waals surface area contributed by atoms with Crippen LogP contribution in [-0.4, -0.2) is 76.4 Å². The summed E-state index contributed by atoms with van der Waals surface area (Å²) in [6.07, 6.45) is 9.36. The Morgan fingerprint density at radius 3 is 2.81 bits per heavy atom. The molecule has 2 fully saturated rings. The van der Waals surface area contributed by atoms with Crippen molar-refractivity contribution in [2.45, 2.75) is 75.7 Å². The van der Waals surface area contributed by atoms with Crippen LogP contribution in [0.25, 0.3) is 0 Å². The topological polar surface area (TPSA) is 92.5 Å². The monoisotopic (exact) mass is 379 g/mol. The molecule has 8 heteroatoms. The first-order valence-electron chi connectivity index (χ1n) is 10.2. The third kappa shape index (κ3) is 5.73. The summed E-state index contributed by atoms with van der Waals surface area (Å²) >= 11 is 0. The number of aliphatic hydroxyl groups is 1. The van der Waals surface area contributed by atoms with Crippen molar-refractivity contribution in [1.29, 1.82) is 0 Å². The molecule has 1 saturated carbocycles. The fourth-order valence-corrected chi connectivity index (χ4v) is 4.16.